The molecule has 0 atom stereocenters. The molecule has 0 unspecified atom stereocenters. The Labute approximate surface area is 162 Å². The molecule has 1 fully saturated rings. The van der Waals surface area contributed by atoms with Crippen LogP contribution in [-0.2, 0) is 11.3 Å². The van der Waals surface area contributed by atoms with Gasteiger partial charge in [0, 0.05) is 56.8 Å². The monoisotopic (exact) mass is 378 g/mol. The highest BCUT2D eigenvalue weighted by molar-refractivity contribution is 5.96. The summed E-state index contributed by atoms with van der Waals surface area (Å²) in [6.45, 7) is 4.75. The van der Waals surface area contributed by atoms with Crippen molar-refractivity contribution in [3.8, 4) is 0 Å². The summed E-state index contributed by atoms with van der Waals surface area (Å²) in [6, 6.07) is 13.1. The SMILES string of the molecule is CC(=O)N1CCN(c2ncccc2CNC(=O)c2cc3ccccc3o2)CC1. The van der Waals surface area contributed by atoms with Crippen molar-refractivity contribution in [1.29, 1.82) is 0 Å². The molecular formula is C21H22N4O3. The number of aromatic nitrogens is 1. The van der Waals surface area contributed by atoms with Gasteiger partial charge in [0.15, 0.2) is 5.76 Å². The van der Waals surface area contributed by atoms with Gasteiger partial charge in [-0.15, -0.1) is 0 Å². The van der Waals surface area contributed by atoms with Crippen molar-refractivity contribution in [1.82, 2.24) is 15.2 Å². The molecule has 2 amide bonds. The lowest BCUT2D eigenvalue weighted by molar-refractivity contribution is -0.129. The van der Waals surface area contributed by atoms with E-state index in [4.69, 9.17) is 4.42 Å². The molecule has 1 N–H and O–H groups in total. The predicted octanol–water partition coefficient (Wildman–Crippen LogP) is 2.43. The number of carbonyl (C=O) groups excluding carboxylic acids is 2. The molecule has 2 aromatic heterocycles. The first-order valence-electron chi connectivity index (χ1n) is 9.33. The van der Waals surface area contributed by atoms with Gasteiger partial charge in [0.1, 0.15) is 11.4 Å². The summed E-state index contributed by atoms with van der Waals surface area (Å²) in [4.78, 5) is 32.5. The van der Waals surface area contributed by atoms with Crippen LogP contribution in [0.15, 0.2) is 53.1 Å². The van der Waals surface area contributed by atoms with Crippen LogP contribution in [0.4, 0.5) is 5.82 Å². The van der Waals surface area contributed by atoms with E-state index in [-0.39, 0.29) is 11.8 Å². The third-order valence-electron chi connectivity index (χ3n) is 4.98. The number of furan rings is 1. The maximum absolute atomic E-state index is 12.5. The molecule has 28 heavy (non-hydrogen) atoms. The first-order chi connectivity index (χ1) is 13.6. The van der Waals surface area contributed by atoms with E-state index in [9.17, 15) is 9.59 Å². The van der Waals surface area contributed by atoms with Crippen molar-refractivity contribution in [2.45, 2.75) is 13.5 Å². The maximum atomic E-state index is 12.5. The lowest BCUT2D eigenvalue weighted by atomic mass is 10.2. The molecule has 0 bridgehead atoms. The number of para-hydroxylation sites is 1. The lowest BCUT2D eigenvalue weighted by Crippen LogP contribution is -2.48. The fourth-order valence-electron chi connectivity index (χ4n) is 3.44. The Bertz CT molecular complexity index is 973. The van der Waals surface area contributed by atoms with Crippen LogP contribution in [0.5, 0.6) is 0 Å². The minimum absolute atomic E-state index is 0.0963. The predicted molar refractivity (Wildman–Crippen MR) is 106 cm³/mol. The second-order valence-corrected chi connectivity index (χ2v) is 6.81. The molecule has 1 aliphatic heterocycles. The van der Waals surface area contributed by atoms with Crippen LogP contribution in [0, 0.1) is 0 Å². The van der Waals surface area contributed by atoms with E-state index in [1.165, 1.54) is 0 Å². The number of anilines is 1. The topological polar surface area (TPSA) is 78.7 Å². The summed E-state index contributed by atoms with van der Waals surface area (Å²) in [7, 11) is 0. The fraction of sp³-hybridized carbons (Fsp3) is 0.286. The Morgan fingerprint density at radius 2 is 1.89 bits per heavy atom. The van der Waals surface area contributed by atoms with Gasteiger partial charge in [-0.2, -0.15) is 0 Å². The normalized spacial score (nSPS) is 14.3. The minimum Gasteiger partial charge on any atom is -0.451 e. The number of nitrogens with one attached hydrogen (secondary N) is 1. The molecule has 1 saturated heterocycles. The zero-order chi connectivity index (χ0) is 19.5. The van der Waals surface area contributed by atoms with Gasteiger partial charge >= 0.3 is 0 Å². The Hall–Kier alpha value is -3.35. The molecule has 7 heteroatoms. The Balaban J connectivity index is 1.44. The molecule has 0 spiro atoms. The van der Waals surface area contributed by atoms with E-state index in [0.29, 0.717) is 31.0 Å². The van der Waals surface area contributed by atoms with E-state index in [2.05, 4.69) is 15.2 Å². The summed E-state index contributed by atoms with van der Waals surface area (Å²) in [5.41, 5.74) is 1.63. The summed E-state index contributed by atoms with van der Waals surface area (Å²) < 4.78 is 5.62. The molecule has 4 rings (SSSR count). The average Bonchev–Trinajstić information content (AvgIpc) is 3.17. The van der Waals surface area contributed by atoms with Crippen molar-refractivity contribution in [2.24, 2.45) is 0 Å². The van der Waals surface area contributed by atoms with E-state index in [1.54, 1.807) is 19.2 Å². The van der Waals surface area contributed by atoms with Crippen molar-refractivity contribution in [2.75, 3.05) is 31.1 Å². The summed E-state index contributed by atoms with van der Waals surface area (Å²) in [6.07, 6.45) is 1.75. The largest absolute Gasteiger partial charge is 0.451 e. The van der Waals surface area contributed by atoms with Crippen molar-refractivity contribution in [3.05, 3.63) is 60.0 Å². The summed E-state index contributed by atoms with van der Waals surface area (Å²) in [5.74, 6) is 0.976. The number of hydrogen-bond donors (Lipinski definition) is 1. The third-order valence-corrected chi connectivity index (χ3v) is 4.98. The number of piperazine rings is 1. The molecule has 0 aliphatic carbocycles. The van der Waals surface area contributed by atoms with E-state index in [0.717, 1.165) is 29.9 Å². The van der Waals surface area contributed by atoms with Crippen molar-refractivity contribution < 1.29 is 14.0 Å². The van der Waals surface area contributed by atoms with Crippen LogP contribution < -0.4 is 10.2 Å². The summed E-state index contributed by atoms with van der Waals surface area (Å²) in [5, 5.41) is 3.82. The number of nitrogens with zero attached hydrogens (tertiary/aromatic N) is 3. The lowest BCUT2D eigenvalue weighted by Gasteiger charge is -2.35. The van der Waals surface area contributed by atoms with Gasteiger partial charge in [0.05, 0.1) is 0 Å². The van der Waals surface area contributed by atoms with Gasteiger partial charge in [0.2, 0.25) is 5.91 Å². The number of amides is 2. The zero-order valence-corrected chi connectivity index (χ0v) is 15.7. The minimum atomic E-state index is -0.257. The number of pyridine rings is 1. The molecular weight excluding hydrogens is 356 g/mol. The van der Waals surface area contributed by atoms with Crippen LogP contribution in [0.1, 0.15) is 23.0 Å². The summed E-state index contributed by atoms with van der Waals surface area (Å²) >= 11 is 0. The van der Waals surface area contributed by atoms with Crippen LogP contribution >= 0.6 is 0 Å². The highest BCUT2D eigenvalue weighted by atomic mass is 16.3. The highest BCUT2D eigenvalue weighted by Gasteiger charge is 2.21. The van der Waals surface area contributed by atoms with Gasteiger partial charge in [-0.1, -0.05) is 24.3 Å². The van der Waals surface area contributed by atoms with Gasteiger partial charge in [-0.25, -0.2) is 4.98 Å². The average molecular weight is 378 g/mol. The highest BCUT2D eigenvalue weighted by Crippen LogP contribution is 2.21. The number of fused-ring (bicyclic) bond motifs is 1. The zero-order valence-electron chi connectivity index (χ0n) is 15.7. The van der Waals surface area contributed by atoms with Crippen LogP contribution in [0.2, 0.25) is 0 Å². The van der Waals surface area contributed by atoms with E-state index in [1.807, 2.05) is 41.3 Å². The van der Waals surface area contributed by atoms with Crippen LogP contribution in [0.3, 0.4) is 0 Å². The number of benzene rings is 1. The van der Waals surface area contributed by atoms with E-state index >= 15 is 0 Å². The molecule has 1 aromatic carbocycles. The first-order valence-corrected chi connectivity index (χ1v) is 9.33. The second-order valence-electron chi connectivity index (χ2n) is 6.81. The molecule has 144 valence electrons. The Morgan fingerprint density at radius 1 is 1.11 bits per heavy atom. The van der Waals surface area contributed by atoms with Gasteiger partial charge in [-0.3, -0.25) is 9.59 Å². The van der Waals surface area contributed by atoms with Gasteiger partial charge in [0.25, 0.3) is 5.91 Å². The number of rotatable bonds is 4. The first kappa shape index (κ1) is 18.0. The third kappa shape index (κ3) is 3.69. The molecule has 0 radical (unpaired) electrons. The molecule has 3 aromatic rings. The second kappa shape index (κ2) is 7.72. The Morgan fingerprint density at radius 3 is 2.64 bits per heavy atom. The van der Waals surface area contributed by atoms with Crippen molar-refractivity contribution >= 4 is 28.6 Å². The smallest absolute Gasteiger partial charge is 0.287 e. The standard InChI is InChI=1S/C21H22N4O3/c1-15(26)24-9-11-25(12-10-24)20-17(6-4-8-22-20)14-23-21(27)19-13-16-5-2-3-7-18(16)28-19/h2-8,13H,9-12,14H2,1H3,(H,23,27). The molecule has 7 nitrogen and oxygen atoms in total. The van der Waals surface area contributed by atoms with Gasteiger partial charge < -0.3 is 19.5 Å². The number of hydrogen-bond acceptors (Lipinski definition) is 5. The van der Waals surface area contributed by atoms with E-state index < -0.39 is 0 Å². The molecule has 3 heterocycles. The van der Waals surface area contributed by atoms with Gasteiger partial charge in [-0.05, 0) is 18.2 Å². The van der Waals surface area contributed by atoms with Crippen LogP contribution in [0.25, 0.3) is 11.0 Å². The Kier molecular flexibility index (Phi) is 4.97. The number of carbonyl (C=O) groups is 2. The maximum Gasteiger partial charge on any atom is 0.287 e. The molecule has 0 saturated carbocycles. The van der Waals surface area contributed by atoms with Crippen LogP contribution in [-0.4, -0.2) is 47.9 Å². The fourth-order valence-corrected chi connectivity index (χ4v) is 3.44. The quantitative estimate of drug-likeness (QED) is 0.754. The van der Waals surface area contributed by atoms with Crippen molar-refractivity contribution in [3.63, 3.8) is 0 Å². The molecule has 1 aliphatic rings.